The van der Waals surface area contributed by atoms with Crippen LogP contribution >= 0.6 is 11.3 Å². The molecule has 4 atom stereocenters. The van der Waals surface area contributed by atoms with Crippen LogP contribution in [0, 0.1) is 23.7 Å². The zero-order valence-corrected chi connectivity index (χ0v) is 14.6. The molecule has 7 heteroatoms. The van der Waals surface area contributed by atoms with Gasteiger partial charge in [-0.1, -0.05) is 12.2 Å². The highest BCUT2D eigenvalue weighted by atomic mass is 32.1. The Bertz CT molecular complexity index is 796. The van der Waals surface area contributed by atoms with Gasteiger partial charge < -0.3 is 15.2 Å². The highest BCUT2D eigenvalue weighted by Gasteiger charge is 2.51. The van der Waals surface area contributed by atoms with Crippen LogP contribution in [0.2, 0.25) is 0 Å². The minimum Gasteiger partial charge on any atom is -0.481 e. The van der Waals surface area contributed by atoms with Gasteiger partial charge in [0.2, 0.25) is 5.91 Å². The number of hydrogen-bond donors (Lipinski definition) is 2. The van der Waals surface area contributed by atoms with Crippen molar-refractivity contribution < 1.29 is 24.2 Å². The molecule has 3 aliphatic rings. The highest BCUT2D eigenvalue weighted by molar-refractivity contribution is 7.17. The van der Waals surface area contributed by atoms with E-state index in [1.807, 2.05) is 12.2 Å². The number of carboxylic acids is 1. The van der Waals surface area contributed by atoms with Crippen molar-refractivity contribution in [3.05, 3.63) is 28.2 Å². The highest BCUT2D eigenvalue weighted by Crippen LogP contribution is 2.49. The average Bonchev–Trinajstić information content (AvgIpc) is 3.32. The van der Waals surface area contributed by atoms with Crippen LogP contribution in [0.3, 0.4) is 0 Å². The van der Waals surface area contributed by atoms with Crippen LogP contribution in [-0.4, -0.2) is 30.1 Å². The topological polar surface area (TPSA) is 92.7 Å². The molecule has 3 aliphatic carbocycles. The molecule has 2 bridgehead atoms. The van der Waals surface area contributed by atoms with Crippen molar-refractivity contribution in [2.24, 2.45) is 23.7 Å². The van der Waals surface area contributed by atoms with Crippen LogP contribution in [0.5, 0.6) is 0 Å². The third kappa shape index (κ3) is 2.49. The Morgan fingerprint density at radius 2 is 1.92 bits per heavy atom. The van der Waals surface area contributed by atoms with E-state index >= 15 is 0 Å². The van der Waals surface area contributed by atoms with Gasteiger partial charge in [-0.25, -0.2) is 4.79 Å². The number of nitrogens with one attached hydrogen (secondary N) is 1. The van der Waals surface area contributed by atoms with Gasteiger partial charge in [0, 0.05) is 4.88 Å². The first-order chi connectivity index (χ1) is 12.0. The molecule has 0 saturated heterocycles. The lowest BCUT2D eigenvalue weighted by molar-refractivity contribution is -0.146. The first-order valence-corrected chi connectivity index (χ1v) is 9.27. The number of ether oxygens (including phenoxy) is 1. The van der Waals surface area contributed by atoms with Crippen LogP contribution in [0.25, 0.3) is 0 Å². The van der Waals surface area contributed by atoms with E-state index < -0.39 is 23.8 Å². The number of thiophene rings is 1. The molecule has 0 aromatic carbocycles. The quantitative estimate of drug-likeness (QED) is 0.635. The van der Waals surface area contributed by atoms with Crippen LogP contribution < -0.4 is 5.32 Å². The molecule has 4 rings (SSSR count). The van der Waals surface area contributed by atoms with Gasteiger partial charge in [0.05, 0.1) is 24.5 Å². The number of carbonyl (C=O) groups is 3. The van der Waals surface area contributed by atoms with Crippen molar-refractivity contribution in [3.8, 4) is 0 Å². The Balaban J connectivity index is 1.63. The van der Waals surface area contributed by atoms with Crippen molar-refractivity contribution in [2.45, 2.75) is 25.7 Å². The summed E-state index contributed by atoms with van der Waals surface area (Å²) in [7, 11) is 1.33. The number of carbonyl (C=O) groups excluding carboxylic acids is 2. The molecule has 0 aliphatic heterocycles. The Hall–Kier alpha value is -2.15. The van der Waals surface area contributed by atoms with E-state index in [-0.39, 0.29) is 17.7 Å². The van der Waals surface area contributed by atoms with Gasteiger partial charge in [-0.3, -0.25) is 9.59 Å². The molecule has 6 nitrogen and oxygen atoms in total. The monoisotopic (exact) mass is 361 g/mol. The molecule has 0 spiro atoms. The van der Waals surface area contributed by atoms with Crippen LogP contribution in [0.1, 0.15) is 33.6 Å². The number of carboxylic acid groups (broad SMARTS) is 1. The lowest BCUT2D eigenvalue weighted by Gasteiger charge is -2.23. The smallest absolute Gasteiger partial charge is 0.341 e. The molecule has 1 amide bonds. The van der Waals surface area contributed by atoms with Crippen molar-refractivity contribution in [1.29, 1.82) is 0 Å². The largest absolute Gasteiger partial charge is 0.481 e. The number of fused-ring (bicyclic) bond motifs is 3. The lowest BCUT2D eigenvalue weighted by atomic mass is 9.82. The molecular formula is C18H19NO5S. The summed E-state index contributed by atoms with van der Waals surface area (Å²) < 4.78 is 4.89. The summed E-state index contributed by atoms with van der Waals surface area (Å²) >= 11 is 1.41. The molecule has 1 aromatic heterocycles. The first kappa shape index (κ1) is 16.3. The van der Waals surface area contributed by atoms with Gasteiger partial charge in [-0.05, 0) is 43.1 Å². The number of allylic oxidation sites excluding steroid dienone is 2. The van der Waals surface area contributed by atoms with E-state index in [4.69, 9.17) is 4.74 Å². The van der Waals surface area contributed by atoms with Crippen molar-refractivity contribution >= 4 is 34.2 Å². The van der Waals surface area contributed by atoms with Gasteiger partial charge in [0.1, 0.15) is 5.00 Å². The summed E-state index contributed by atoms with van der Waals surface area (Å²) in [6, 6.07) is 0. The molecule has 1 heterocycles. The second kappa shape index (κ2) is 5.98. The maximum absolute atomic E-state index is 12.9. The zero-order valence-electron chi connectivity index (χ0n) is 13.8. The van der Waals surface area contributed by atoms with E-state index in [0.29, 0.717) is 17.0 Å². The fraction of sp³-hybridized carbons (Fsp3) is 0.500. The van der Waals surface area contributed by atoms with Gasteiger partial charge in [-0.15, -0.1) is 11.3 Å². The molecule has 1 aromatic rings. The van der Waals surface area contributed by atoms with Crippen molar-refractivity contribution in [2.75, 3.05) is 12.4 Å². The molecule has 0 radical (unpaired) electrons. The van der Waals surface area contributed by atoms with E-state index in [1.165, 1.54) is 18.4 Å². The fourth-order valence-electron chi connectivity index (χ4n) is 4.52. The number of rotatable bonds is 4. The minimum absolute atomic E-state index is 0.0421. The Morgan fingerprint density at radius 1 is 1.20 bits per heavy atom. The molecule has 0 unspecified atom stereocenters. The summed E-state index contributed by atoms with van der Waals surface area (Å²) in [6.07, 6.45) is 7.27. The zero-order chi connectivity index (χ0) is 17.7. The molecule has 2 N–H and O–H groups in total. The van der Waals surface area contributed by atoms with Gasteiger partial charge in [0.15, 0.2) is 0 Å². The van der Waals surface area contributed by atoms with E-state index in [1.54, 1.807) is 0 Å². The third-order valence-corrected chi connectivity index (χ3v) is 6.80. The Labute approximate surface area is 148 Å². The summed E-state index contributed by atoms with van der Waals surface area (Å²) in [5, 5.41) is 12.9. The van der Waals surface area contributed by atoms with Crippen LogP contribution in [-0.2, 0) is 27.2 Å². The predicted octanol–water partition coefficient (Wildman–Crippen LogP) is 2.48. The molecule has 25 heavy (non-hydrogen) atoms. The number of anilines is 1. The van der Waals surface area contributed by atoms with Crippen LogP contribution in [0.15, 0.2) is 12.2 Å². The third-order valence-electron chi connectivity index (χ3n) is 5.59. The summed E-state index contributed by atoms with van der Waals surface area (Å²) in [4.78, 5) is 37.8. The standard InChI is InChI=1S/C18H19NO5S/c1-24-18(23)14-10-3-2-4-11(10)25-16(14)19-15(20)12-8-5-6-9(7-8)13(12)17(21)22/h5-6,8-9,12-13H,2-4,7H2,1H3,(H,19,20)(H,21,22)/t8-,9-,12-,13-/m0/s1. The second-order valence-electron chi connectivity index (χ2n) is 6.88. The number of methoxy groups -OCH3 is 1. The van der Waals surface area contributed by atoms with Gasteiger partial charge in [0.25, 0.3) is 0 Å². The minimum atomic E-state index is -0.932. The predicted molar refractivity (Wildman–Crippen MR) is 91.7 cm³/mol. The number of hydrogen-bond acceptors (Lipinski definition) is 5. The van der Waals surface area contributed by atoms with Crippen LogP contribution in [0.4, 0.5) is 5.00 Å². The average molecular weight is 361 g/mol. The molecule has 1 fully saturated rings. The lowest BCUT2D eigenvalue weighted by Crippen LogP contribution is -2.36. The SMILES string of the molecule is COC(=O)c1c(NC(=O)[C@@H]2[C@@H](C(=O)O)[C@H]3C=C[C@H]2C3)sc2c1CCC2. The van der Waals surface area contributed by atoms with Gasteiger partial charge in [-0.2, -0.15) is 0 Å². The first-order valence-electron chi connectivity index (χ1n) is 8.46. The van der Waals surface area contributed by atoms with E-state index in [0.717, 1.165) is 29.7 Å². The van der Waals surface area contributed by atoms with E-state index in [2.05, 4.69) is 5.32 Å². The molecule has 1 saturated carbocycles. The number of aliphatic carboxylic acids is 1. The fourth-order valence-corrected chi connectivity index (χ4v) is 5.80. The maximum Gasteiger partial charge on any atom is 0.341 e. The molecule has 132 valence electrons. The maximum atomic E-state index is 12.9. The van der Waals surface area contributed by atoms with Gasteiger partial charge >= 0.3 is 11.9 Å². The summed E-state index contributed by atoms with van der Waals surface area (Å²) in [6.45, 7) is 0. The Kier molecular flexibility index (Phi) is 3.91. The normalized spacial score (nSPS) is 28.8. The van der Waals surface area contributed by atoms with E-state index in [9.17, 15) is 19.5 Å². The number of aryl methyl sites for hydroxylation is 1. The second-order valence-corrected chi connectivity index (χ2v) is 7.99. The molecular weight excluding hydrogens is 342 g/mol. The Morgan fingerprint density at radius 3 is 2.60 bits per heavy atom. The van der Waals surface area contributed by atoms with Crippen molar-refractivity contribution in [3.63, 3.8) is 0 Å². The number of esters is 1. The summed E-state index contributed by atoms with van der Waals surface area (Å²) in [5.41, 5.74) is 1.41. The summed E-state index contributed by atoms with van der Waals surface area (Å²) in [5.74, 6) is -3.09. The number of amides is 1. The van der Waals surface area contributed by atoms with Crippen molar-refractivity contribution in [1.82, 2.24) is 0 Å².